The summed E-state index contributed by atoms with van der Waals surface area (Å²) in [5.41, 5.74) is 0.495. The number of imide groups is 1. The first-order chi connectivity index (χ1) is 15.4. The van der Waals surface area contributed by atoms with Crippen LogP contribution in [0.2, 0.25) is 0 Å². The molecule has 32 heavy (non-hydrogen) atoms. The van der Waals surface area contributed by atoms with Crippen molar-refractivity contribution in [3.8, 4) is 0 Å². The van der Waals surface area contributed by atoms with Gasteiger partial charge in [0.1, 0.15) is 5.54 Å². The number of hydrogen-bond acceptors (Lipinski definition) is 5. The van der Waals surface area contributed by atoms with Gasteiger partial charge in [-0.25, -0.2) is 4.79 Å². The van der Waals surface area contributed by atoms with Crippen molar-refractivity contribution in [1.82, 2.24) is 20.1 Å². The third kappa shape index (κ3) is 4.41. The molecule has 170 valence electrons. The van der Waals surface area contributed by atoms with Gasteiger partial charge in [0, 0.05) is 24.7 Å². The Morgan fingerprint density at radius 3 is 2.66 bits per heavy atom. The molecule has 0 radical (unpaired) electrons. The molecule has 4 heterocycles. The van der Waals surface area contributed by atoms with Crippen LogP contribution < -0.4 is 5.32 Å². The van der Waals surface area contributed by atoms with Crippen LogP contribution >= 0.6 is 11.3 Å². The molecule has 0 bridgehead atoms. The average molecular weight is 455 g/mol. The van der Waals surface area contributed by atoms with E-state index in [1.807, 2.05) is 39.9 Å². The zero-order valence-corrected chi connectivity index (χ0v) is 19.4. The Morgan fingerprint density at radius 2 is 2.03 bits per heavy atom. The van der Waals surface area contributed by atoms with Crippen LogP contribution in [0.25, 0.3) is 0 Å². The SMILES string of the molecule is CC(C)CC[C@]1(C2CCN(C(=O)c3ccsc3)CC2)NC(=O)N(Cc2ccccn2)C1=O. The van der Waals surface area contributed by atoms with E-state index in [-0.39, 0.29) is 30.3 Å². The highest BCUT2D eigenvalue weighted by Crippen LogP contribution is 2.38. The van der Waals surface area contributed by atoms with Crippen molar-refractivity contribution in [3.63, 3.8) is 0 Å². The zero-order chi connectivity index (χ0) is 22.7. The topological polar surface area (TPSA) is 82.6 Å². The van der Waals surface area contributed by atoms with Crippen LogP contribution in [0.4, 0.5) is 4.79 Å². The first-order valence-corrected chi connectivity index (χ1v) is 12.2. The van der Waals surface area contributed by atoms with E-state index >= 15 is 0 Å². The number of nitrogens with one attached hydrogen (secondary N) is 1. The number of aromatic nitrogens is 1. The minimum atomic E-state index is -0.909. The molecule has 0 saturated carbocycles. The first-order valence-electron chi connectivity index (χ1n) is 11.3. The van der Waals surface area contributed by atoms with Crippen molar-refractivity contribution in [3.05, 3.63) is 52.5 Å². The van der Waals surface area contributed by atoms with E-state index < -0.39 is 5.54 Å². The number of likely N-dealkylation sites (tertiary alicyclic amines) is 1. The lowest BCUT2D eigenvalue weighted by Gasteiger charge is -2.41. The molecule has 2 saturated heterocycles. The molecule has 2 aliphatic rings. The summed E-state index contributed by atoms with van der Waals surface area (Å²) < 4.78 is 0. The largest absolute Gasteiger partial charge is 0.339 e. The molecule has 0 unspecified atom stereocenters. The van der Waals surface area contributed by atoms with E-state index in [9.17, 15) is 14.4 Å². The summed E-state index contributed by atoms with van der Waals surface area (Å²) in [6.45, 7) is 5.61. The minimum Gasteiger partial charge on any atom is -0.339 e. The summed E-state index contributed by atoms with van der Waals surface area (Å²) in [6, 6.07) is 6.99. The predicted octanol–water partition coefficient (Wildman–Crippen LogP) is 3.92. The van der Waals surface area contributed by atoms with E-state index in [0.29, 0.717) is 44.0 Å². The maximum atomic E-state index is 13.7. The molecule has 0 aliphatic carbocycles. The molecule has 0 spiro atoms. The maximum absolute atomic E-state index is 13.7. The van der Waals surface area contributed by atoms with Gasteiger partial charge in [-0.2, -0.15) is 11.3 Å². The second kappa shape index (κ2) is 9.40. The number of thiophene rings is 1. The summed E-state index contributed by atoms with van der Waals surface area (Å²) in [4.78, 5) is 46.8. The van der Waals surface area contributed by atoms with Gasteiger partial charge in [0.15, 0.2) is 0 Å². The number of urea groups is 1. The number of pyridine rings is 1. The highest BCUT2D eigenvalue weighted by Gasteiger charge is 2.55. The fourth-order valence-electron chi connectivity index (χ4n) is 4.75. The molecule has 4 rings (SSSR count). The number of carbonyl (C=O) groups is 3. The van der Waals surface area contributed by atoms with Crippen LogP contribution in [0.5, 0.6) is 0 Å². The van der Waals surface area contributed by atoms with E-state index in [1.54, 1.807) is 6.20 Å². The van der Waals surface area contributed by atoms with Gasteiger partial charge in [-0.05, 0) is 61.1 Å². The summed E-state index contributed by atoms with van der Waals surface area (Å²) >= 11 is 1.51. The van der Waals surface area contributed by atoms with E-state index in [2.05, 4.69) is 24.1 Å². The monoisotopic (exact) mass is 454 g/mol. The fraction of sp³-hybridized carbons (Fsp3) is 0.500. The Bertz CT molecular complexity index is 955. The number of carbonyl (C=O) groups excluding carboxylic acids is 3. The molecule has 1 atom stereocenters. The lowest BCUT2D eigenvalue weighted by molar-refractivity contribution is -0.134. The highest BCUT2D eigenvalue weighted by molar-refractivity contribution is 7.08. The Hall–Kier alpha value is -2.74. The van der Waals surface area contributed by atoms with Crippen LogP contribution in [0.3, 0.4) is 0 Å². The number of nitrogens with zero attached hydrogens (tertiary/aromatic N) is 3. The summed E-state index contributed by atoms with van der Waals surface area (Å²) in [5.74, 6) is 0.301. The lowest BCUT2D eigenvalue weighted by atomic mass is 9.73. The molecule has 7 nitrogen and oxygen atoms in total. The Morgan fingerprint density at radius 1 is 1.25 bits per heavy atom. The highest BCUT2D eigenvalue weighted by atomic mass is 32.1. The summed E-state index contributed by atoms with van der Waals surface area (Å²) in [7, 11) is 0. The molecular weight excluding hydrogens is 424 g/mol. The standard InChI is InChI=1S/C24H30N4O3S/c1-17(2)6-10-24(19-7-12-27(13-8-19)21(29)18-9-14-32-16-18)22(30)28(23(31)26-24)15-20-5-3-4-11-25-20/h3-5,9,11,14,16-17,19H,6-8,10,12-13,15H2,1-2H3,(H,26,31)/t24-/m1/s1. The van der Waals surface area contributed by atoms with Gasteiger partial charge in [-0.15, -0.1) is 0 Å². The average Bonchev–Trinajstić information content (AvgIpc) is 3.42. The molecule has 0 aromatic carbocycles. The number of rotatable bonds is 7. The summed E-state index contributed by atoms with van der Waals surface area (Å²) in [6.07, 6.45) is 4.50. The Balaban J connectivity index is 1.51. The van der Waals surface area contributed by atoms with Crippen LogP contribution in [0.1, 0.15) is 55.6 Å². The van der Waals surface area contributed by atoms with Gasteiger partial charge in [-0.3, -0.25) is 19.5 Å². The molecule has 8 heteroatoms. The second-order valence-electron chi connectivity index (χ2n) is 9.12. The van der Waals surface area contributed by atoms with E-state index in [0.717, 1.165) is 12.0 Å². The van der Waals surface area contributed by atoms with Crippen LogP contribution in [-0.2, 0) is 11.3 Å². The Kier molecular flexibility index (Phi) is 6.60. The number of hydrogen-bond donors (Lipinski definition) is 1. The number of piperidine rings is 1. The third-order valence-corrected chi connectivity index (χ3v) is 7.29. The van der Waals surface area contributed by atoms with Crippen molar-refractivity contribution in [1.29, 1.82) is 0 Å². The molecule has 2 aromatic rings. The quantitative estimate of drug-likeness (QED) is 0.643. The van der Waals surface area contributed by atoms with Crippen molar-refractivity contribution in [2.75, 3.05) is 13.1 Å². The van der Waals surface area contributed by atoms with Crippen LogP contribution in [0.15, 0.2) is 41.2 Å². The molecule has 4 amide bonds. The van der Waals surface area contributed by atoms with Gasteiger partial charge in [0.25, 0.3) is 11.8 Å². The molecular formula is C24H30N4O3S. The smallest absolute Gasteiger partial charge is 0.325 e. The van der Waals surface area contributed by atoms with Gasteiger partial charge >= 0.3 is 6.03 Å². The summed E-state index contributed by atoms with van der Waals surface area (Å²) in [5, 5.41) is 6.87. The lowest BCUT2D eigenvalue weighted by Crippen LogP contribution is -2.56. The molecule has 2 aromatic heterocycles. The molecule has 2 fully saturated rings. The number of amides is 4. The van der Waals surface area contributed by atoms with Gasteiger partial charge in [-0.1, -0.05) is 19.9 Å². The first kappa shape index (κ1) is 22.5. The Labute approximate surface area is 192 Å². The third-order valence-electron chi connectivity index (χ3n) is 6.61. The maximum Gasteiger partial charge on any atom is 0.325 e. The van der Waals surface area contributed by atoms with Crippen molar-refractivity contribution in [2.24, 2.45) is 11.8 Å². The normalized spacial score (nSPS) is 22.0. The molecule has 2 aliphatic heterocycles. The fourth-order valence-corrected chi connectivity index (χ4v) is 5.38. The van der Waals surface area contributed by atoms with E-state index in [1.165, 1.54) is 16.2 Å². The van der Waals surface area contributed by atoms with Gasteiger partial charge in [0.05, 0.1) is 17.8 Å². The van der Waals surface area contributed by atoms with E-state index in [4.69, 9.17) is 0 Å². The van der Waals surface area contributed by atoms with Gasteiger partial charge in [0.2, 0.25) is 0 Å². The van der Waals surface area contributed by atoms with Crippen LogP contribution in [-0.4, -0.2) is 51.3 Å². The molecule has 1 N–H and O–H groups in total. The van der Waals surface area contributed by atoms with Crippen molar-refractivity contribution >= 4 is 29.2 Å². The van der Waals surface area contributed by atoms with Gasteiger partial charge < -0.3 is 10.2 Å². The zero-order valence-electron chi connectivity index (χ0n) is 18.6. The second-order valence-corrected chi connectivity index (χ2v) is 9.90. The van der Waals surface area contributed by atoms with Crippen LogP contribution in [0, 0.1) is 11.8 Å². The minimum absolute atomic E-state index is 0.00189. The predicted molar refractivity (Wildman–Crippen MR) is 123 cm³/mol. The van der Waals surface area contributed by atoms with Crippen molar-refractivity contribution in [2.45, 2.75) is 51.6 Å². The van der Waals surface area contributed by atoms with Crippen molar-refractivity contribution < 1.29 is 14.4 Å².